The fourth-order valence-corrected chi connectivity index (χ4v) is 4.50. The van der Waals surface area contributed by atoms with E-state index in [1.54, 1.807) is 19.3 Å². The van der Waals surface area contributed by atoms with Gasteiger partial charge in [-0.3, -0.25) is 4.90 Å². The smallest absolute Gasteiger partial charge is 0.131 e. The van der Waals surface area contributed by atoms with Crippen molar-refractivity contribution in [3.05, 3.63) is 84.3 Å². The van der Waals surface area contributed by atoms with Crippen molar-refractivity contribution in [2.45, 2.75) is 59.4 Å². The second-order valence-electron chi connectivity index (χ2n) is 8.83. The number of piperazine rings is 1. The molecule has 0 N–H and O–H groups in total. The van der Waals surface area contributed by atoms with E-state index in [1.807, 2.05) is 19.2 Å². The molecular weight excluding hydrogens is 454 g/mol. The molecule has 0 aromatic rings. The number of halogens is 1. The zero-order valence-electron chi connectivity index (χ0n) is 22.5. The van der Waals surface area contributed by atoms with Crippen LogP contribution in [0.5, 0.6) is 0 Å². The Bertz CT molecular complexity index is 827. The molecule has 0 aliphatic carbocycles. The lowest BCUT2D eigenvalue weighted by Gasteiger charge is -2.40. The van der Waals surface area contributed by atoms with Gasteiger partial charge in [-0.15, -0.1) is 0 Å². The summed E-state index contributed by atoms with van der Waals surface area (Å²) in [7, 11) is 1.73. The minimum absolute atomic E-state index is 0.539. The molecule has 2 aliphatic heterocycles. The lowest BCUT2D eigenvalue weighted by molar-refractivity contribution is 0.131. The number of nitrogens with zero attached hydrogens (tertiary/aromatic N) is 3. The topological polar surface area (TPSA) is 28.1 Å². The number of rotatable bonds is 10. The Morgan fingerprint density at radius 1 is 1.20 bits per heavy atom. The summed E-state index contributed by atoms with van der Waals surface area (Å²) < 4.78 is 5.37. The fourth-order valence-electron chi connectivity index (χ4n) is 4.40. The third-order valence-corrected chi connectivity index (χ3v) is 6.77. The molecular formula is C30H46ClN3O. The van der Waals surface area contributed by atoms with Gasteiger partial charge in [0.05, 0.1) is 12.9 Å². The second-order valence-corrected chi connectivity index (χ2v) is 9.08. The Balaban J connectivity index is 0.00000111. The Labute approximate surface area is 219 Å². The van der Waals surface area contributed by atoms with E-state index in [0.717, 1.165) is 44.8 Å². The quantitative estimate of drug-likeness (QED) is 0.228. The first kappa shape index (κ1) is 30.7. The first-order valence-electron chi connectivity index (χ1n) is 12.8. The third-order valence-electron chi connectivity index (χ3n) is 6.62. The minimum Gasteiger partial charge on any atom is -0.501 e. The van der Waals surface area contributed by atoms with Crippen molar-refractivity contribution in [2.75, 3.05) is 33.3 Å². The van der Waals surface area contributed by atoms with E-state index in [-0.39, 0.29) is 0 Å². The lowest BCUT2D eigenvalue weighted by atomic mass is 9.89. The number of allylic oxidation sites excluding steroid dienone is 9. The largest absolute Gasteiger partial charge is 0.501 e. The summed E-state index contributed by atoms with van der Waals surface area (Å²) in [6.45, 7) is 20.4. The van der Waals surface area contributed by atoms with Crippen molar-refractivity contribution < 1.29 is 4.74 Å². The van der Waals surface area contributed by atoms with Crippen molar-refractivity contribution in [1.82, 2.24) is 9.80 Å². The standard InChI is InChI=1S/C26H41N3O.C4H5Cl/c1-7-11-25(20-22(5)30-6)23(8-2)14-13-21(4)28-16-18-29(19-17-28)26-24(9-3)12-10-15-27-26;1-2-3-4-5/h7,9-11,15,20-21,23H,1,8,12-14,16-19H2,2-6H3;2-4H,1H2/b22-20+,24-9+,25-11+;4-3+/t21-,23?;/m1./s1. The monoisotopic (exact) mass is 499 g/mol. The maximum absolute atomic E-state index is 5.37. The van der Waals surface area contributed by atoms with Crippen LogP contribution in [0.1, 0.15) is 53.4 Å². The molecule has 5 heteroatoms. The summed E-state index contributed by atoms with van der Waals surface area (Å²) >= 11 is 5.05. The highest BCUT2D eigenvalue weighted by Crippen LogP contribution is 2.26. The number of ether oxygens (including phenoxy) is 1. The van der Waals surface area contributed by atoms with Gasteiger partial charge < -0.3 is 9.64 Å². The van der Waals surface area contributed by atoms with Gasteiger partial charge >= 0.3 is 0 Å². The summed E-state index contributed by atoms with van der Waals surface area (Å²) in [5, 5.41) is 0. The zero-order valence-corrected chi connectivity index (χ0v) is 23.3. The predicted molar refractivity (Wildman–Crippen MR) is 155 cm³/mol. The van der Waals surface area contributed by atoms with Crippen molar-refractivity contribution >= 4 is 17.4 Å². The molecule has 2 aliphatic rings. The lowest BCUT2D eigenvalue weighted by Crippen LogP contribution is -2.51. The number of hydrogen-bond donors (Lipinski definition) is 0. The van der Waals surface area contributed by atoms with Crippen LogP contribution in [0.25, 0.3) is 0 Å². The van der Waals surface area contributed by atoms with Gasteiger partial charge in [0.15, 0.2) is 0 Å². The average molecular weight is 500 g/mol. The number of aliphatic imine (C=N–C) groups is 1. The summed E-state index contributed by atoms with van der Waals surface area (Å²) in [5.41, 5.74) is 4.09. The highest BCUT2D eigenvalue weighted by molar-refractivity contribution is 6.25. The summed E-state index contributed by atoms with van der Waals surface area (Å²) in [6, 6.07) is 0.591. The second kappa shape index (κ2) is 18.0. The van der Waals surface area contributed by atoms with E-state index < -0.39 is 0 Å². The third kappa shape index (κ3) is 10.9. The molecule has 1 unspecified atom stereocenters. The molecule has 0 saturated carbocycles. The molecule has 0 spiro atoms. The van der Waals surface area contributed by atoms with E-state index in [1.165, 1.54) is 35.4 Å². The first-order chi connectivity index (χ1) is 16.9. The van der Waals surface area contributed by atoms with Gasteiger partial charge in [-0.05, 0) is 69.6 Å². The molecule has 1 saturated heterocycles. The van der Waals surface area contributed by atoms with Crippen LogP contribution in [0, 0.1) is 5.92 Å². The minimum atomic E-state index is 0.539. The van der Waals surface area contributed by atoms with E-state index in [0.29, 0.717) is 12.0 Å². The zero-order chi connectivity index (χ0) is 26.1. The number of hydrogen-bond acceptors (Lipinski definition) is 4. The Morgan fingerprint density at radius 2 is 1.91 bits per heavy atom. The van der Waals surface area contributed by atoms with Crippen LogP contribution in [0.15, 0.2) is 89.3 Å². The van der Waals surface area contributed by atoms with Crippen molar-refractivity contribution in [3.63, 3.8) is 0 Å². The molecule has 2 rings (SSSR count). The molecule has 0 bridgehead atoms. The van der Waals surface area contributed by atoms with Crippen molar-refractivity contribution in [2.24, 2.45) is 10.9 Å². The molecule has 35 heavy (non-hydrogen) atoms. The van der Waals surface area contributed by atoms with Gasteiger partial charge in [-0.1, -0.05) is 68.1 Å². The predicted octanol–water partition coefficient (Wildman–Crippen LogP) is 7.65. The molecule has 2 heterocycles. The summed E-state index contributed by atoms with van der Waals surface area (Å²) in [6.07, 6.45) is 20.3. The molecule has 0 aromatic carbocycles. The highest BCUT2D eigenvalue weighted by atomic mass is 35.5. The van der Waals surface area contributed by atoms with Crippen LogP contribution < -0.4 is 0 Å². The van der Waals surface area contributed by atoms with Crippen LogP contribution in [0.3, 0.4) is 0 Å². The van der Waals surface area contributed by atoms with Gasteiger partial charge in [0.25, 0.3) is 0 Å². The highest BCUT2D eigenvalue weighted by Gasteiger charge is 2.25. The maximum Gasteiger partial charge on any atom is 0.131 e. The summed E-state index contributed by atoms with van der Waals surface area (Å²) in [5.74, 6) is 2.67. The van der Waals surface area contributed by atoms with E-state index >= 15 is 0 Å². The van der Waals surface area contributed by atoms with Crippen LogP contribution in [-0.4, -0.2) is 55.0 Å². The number of amidine groups is 1. The Hall–Kier alpha value is -2.30. The van der Waals surface area contributed by atoms with E-state index in [2.05, 4.69) is 73.0 Å². The van der Waals surface area contributed by atoms with Gasteiger partial charge in [0.2, 0.25) is 0 Å². The molecule has 194 valence electrons. The van der Waals surface area contributed by atoms with Crippen molar-refractivity contribution in [3.8, 4) is 0 Å². The molecule has 0 radical (unpaired) electrons. The van der Waals surface area contributed by atoms with Crippen LogP contribution in [-0.2, 0) is 4.74 Å². The Morgan fingerprint density at radius 3 is 2.43 bits per heavy atom. The van der Waals surface area contributed by atoms with Gasteiger partial charge in [0, 0.05) is 44.0 Å². The molecule has 1 fully saturated rings. The van der Waals surface area contributed by atoms with Crippen LogP contribution in [0.4, 0.5) is 0 Å². The normalized spacial score (nSPS) is 20.2. The molecule has 0 amide bonds. The first-order valence-corrected chi connectivity index (χ1v) is 13.2. The van der Waals surface area contributed by atoms with Crippen LogP contribution >= 0.6 is 11.6 Å². The number of methoxy groups -OCH3 is 1. The molecule has 4 nitrogen and oxygen atoms in total. The molecule has 2 atom stereocenters. The molecule has 0 aromatic heterocycles. The fraction of sp³-hybridized carbons (Fsp3) is 0.500. The Kier molecular flexibility index (Phi) is 15.8. The SMILES string of the molecule is C=C/C=C(\C=C(/C)OC)C(CC)CC[C@@H](C)N1CCN(C2=NC=CC/C2=C\C)CC1.C=C/C=C/Cl. The van der Waals surface area contributed by atoms with Gasteiger partial charge in [-0.25, -0.2) is 4.99 Å². The average Bonchev–Trinajstić information content (AvgIpc) is 2.89. The summed E-state index contributed by atoms with van der Waals surface area (Å²) in [4.78, 5) is 9.76. The van der Waals surface area contributed by atoms with E-state index in [4.69, 9.17) is 16.3 Å². The maximum atomic E-state index is 5.37. The van der Waals surface area contributed by atoms with Crippen LogP contribution in [0.2, 0.25) is 0 Å². The van der Waals surface area contributed by atoms with Gasteiger partial charge in [-0.2, -0.15) is 0 Å². The van der Waals surface area contributed by atoms with Gasteiger partial charge in [0.1, 0.15) is 5.84 Å². The van der Waals surface area contributed by atoms with E-state index in [9.17, 15) is 0 Å². The van der Waals surface area contributed by atoms with Crippen molar-refractivity contribution in [1.29, 1.82) is 0 Å².